The fourth-order valence-corrected chi connectivity index (χ4v) is 1.95. The Balaban J connectivity index is 2.23. The zero-order chi connectivity index (χ0) is 13.9. The molecule has 0 aliphatic carbocycles. The predicted octanol–water partition coefficient (Wildman–Crippen LogP) is 3.39. The van der Waals surface area contributed by atoms with Crippen molar-refractivity contribution in [3.63, 3.8) is 0 Å². The van der Waals surface area contributed by atoms with E-state index in [2.05, 4.69) is 40.1 Å². The maximum absolute atomic E-state index is 12.2. The molecule has 0 bridgehead atoms. The summed E-state index contributed by atoms with van der Waals surface area (Å²) in [6.07, 6.45) is 1.67. The molecule has 1 amide bonds. The maximum Gasteiger partial charge on any atom is 0.270 e. The molecule has 1 heterocycles. The lowest BCUT2D eigenvalue weighted by Crippen LogP contribution is -2.35. The molecule has 0 aliphatic heterocycles. The van der Waals surface area contributed by atoms with Crippen molar-refractivity contribution in [2.24, 2.45) is 5.41 Å². The van der Waals surface area contributed by atoms with E-state index in [9.17, 15) is 4.79 Å². The largest absolute Gasteiger partial charge is 0.350 e. The Kier molecular flexibility index (Phi) is 4.20. The van der Waals surface area contributed by atoms with Gasteiger partial charge in [-0.3, -0.25) is 9.78 Å². The number of fused-ring (bicyclic) bond motifs is 1. The van der Waals surface area contributed by atoms with Gasteiger partial charge in [0, 0.05) is 23.5 Å². The van der Waals surface area contributed by atoms with E-state index in [1.807, 2.05) is 30.3 Å². The number of nitrogens with one attached hydrogen (secondary N) is 1. The van der Waals surface area contributed by atoms with Crippen LogP contribution < -0.4 is 5.32 Å². The second-order valence-electron chi connectivity index (χ2n) is 5.36. The van der Waals surface area contributed by atoms with Crippen molar-refractivity contribution in [3.8, 4) is 0 Å². The predicted molar refractivity (Wildman–Crippen MR) is 81.7 cm³/mol. The van der Waals surface area contributed by atoms with Crippen molar-refractivity contribution in [2.45, 2.75) is 13.8 Å². The lowest BCUT2D eigenvalue weighted by atomic mass is 9.97. The van der Waals surface area contributed by atoms with Crippen LogP contribution in [0.4, 0.5) is 0 Å². The molecule has 2 rings (SSSR count). The molecule has 0 unspecified atom stereocenters. The van der Waals surface area contributed by atoms with Gasteiger partial charge in [0.1, 0.15) is 5.69 Å². The first-order chi connectivity index (χ1) is 9.03. The van der Waals surface area contributed by atoms with Crippen LogP contribution in [0.3, 0.4) is 0 Å². The number of aromatic nitrogens is 1. The Hall–Kier alpha value is -1.42. The van der Waals surface area contributed by atoms with Crippen LogP contribution in [0.15, 0.2) is 36.5 Å². The molecular formula is C15H17BrN2O. The van der Waals surface area contributed by atoms with Gasteiger partial charge in [-0.1, -0.05) is 54.0 Å². The summed E-state index contributed by atoms with van der Waals surface area (Å²) < 4.78 is 0. The summed E-state index contributed by atoms with van der Waals surface area (Å²) in [6, 6.07) is 9.69. The molecule has 4 heteroatoms. The van der Waals surface area contributed by atoms with Crippen LogP contribution in [0.2, 0.25) is 0 Å². The van der Waals surface area contributed by atoms with E-state index >= 15 is 0 Å². The van der Waals surface area contributed by atoms with Gasteiger partial charge in [-0.25, -0.2) is 0 Å². The molecule has 0 radical (unpaired) electrons. The molecule has 1 N–H and O–H groups in total. The zero-order valence-electron chi connectivity index (χ0n) is 11.1. The highest BCUT2D eigenvalue weighted by molar-refractivity contribution is 9.09. The monoisotopic (exact) mass is 320 g/mol. The molecule has 100 valence electrons. The number of pyridine rings is 1. The standard InChI is InChI=1S/C15H17BrN2O/c1-15(2,9-16)10-18-14(19)13-12-6-4-3-5-11(12)7-8-17-13/h3-8H,9-10H2,1-2H3,(H,18,19). The van der Waals surface area contributed by atoms with E-state index in [0.717, 1.165) is 16.1 Å². The summed E-state index contributed by atoms with van der Waals surface area (Å²) in [5.74, 6) is -0.120. The molecule has 0 saturated heterocycles. The van der Waals surface area contributed by atoms with Gasteiger partial charge in [0.2, 0.25) is 0 Å². The Morgan fingerprint density at radius 2 is 2.05 bits per heavy atom. The van der Waals surface area contributed by atoms with Crippen LogP contribution in [0, 0.1) is 5.41 Å². The highest BCUT2D eigenvalue weighted by Gasteiger charge is 2.19. The topological polar surface area (TPSA) is 42.0 Å². The van der Waals surface area contributed by atoms with E-state index in [4.69, 9.17) is 0 Å². The Bertz CT molecular complexity index is 590. The van der Waals surface area contributed by atoms with Gasteiger partial charge in [-0.05, 0) is 16.9 Å². The highest BCUT2D eigenvalue weighted by Crippen LogP contribution is 2.18. The van der Waals surface area contributed by atoms with Gasteiger partial charge < -0.3 is 5.32 Å². The molecule has 19 heavy (non-hydrogen) atoms. The van der Waals surface area contributed by atoms with E-state index in [1.54, 1.807) is 6.20 Å². The Morgan fingerprint density at radius 3 is 2.79 bits per heavy atom. The summed E-state index contributed by atoms with van der Waals surface area (Å²) >= 11 is 3.45. The number of carbonyl (C=O) groups excluding carboxylic acids is 1. The van der Waals surface area contributed by atoms with Gasteiger partial charge >= 0.3 is 0 Å². The minimum atomic E-state index is -0.120. The van der Waals surface area contributed by atoms with Crippen molar-refractivity contribution < 1.29 is 4.79 Å². The maximum atomic E-state index is 12.2. The second-order valence-corrected chi connectivity index (χ2v) is 5.92. The van der Waals surface area contributed by atoms with Crippen molar-refractivity contribution in [2.75, 3.05) is 11.9 Å². The van der Waals surface area contributed by atoms with Crippen molar-refractivity contribution in [1.82, 2.24) is 10.3 Å². The zero-order valence-corrected chi connectivity index (χ0v) is 12.7. The first-order valence-corrected chi connectivity index (χ1v) is 7.33. The smallest absolute Gasteiger partial charge is 0.270 e. The van der Waals surface area contributed by atoms with Crippen LogP contribution in [-0.4, -0.2) is 22.8 Å². The first-order valence-electron chi connectivity index (χ1n) is 6.21. The quantitative estimate of drug-likeness (QED) is 0.877. The second kappa shape index (κ2) is 5.70. The van der Waals surface area contributed by atoms with Crippen molar-refractivity contribution in [3.05, 3.63) is 42.2 Å². The van der Waals surface area contributed by atoms with E-state index in [0.29, 0.717) is 12.2 Å². The third-order valence-corrected chi connectivity index (χ3v) is 4.50. The fraction of sp³-hybridized carbons (Fsp3) is 0.333. The Labute approximate surface area is 121 Å². The molecule has 0 fully saturated rings. The lowest BCUT2D eigenvalue weighted by Gasteiger charge is -2.21. The van der Waals surface area contributed by atoms with Crippen LogP contribution in [-0.2, 0) is 0 Å². The molecule has 2 aromatic rings. The van der Waals surface area contributed by atoms with Crippen LogP contribution in [0.25, 0.3) is 10.8 Å². The number of nitrogens with zero attached hydrogens (tertiary/aromatic N) is 1. The minimum Gasteiger partial charge on any atom is -0.350 e. The average Bonchev–Trinajstić information content (AvgIpc) is 2.44. The van der Waals surface area contributed by atoms with Gasteiger partial charge in [-0.2, -0.15) is 0 Å². The summed E-state index contributed by atoms with van der Waals surface area (Å²) in [7, 11) is 0. The number of benzene rings is 1. The normalized spacial score (nSPS) is 11.5. The van der Waals surface area contributed by atoms with Crippen molar-refractivity contribution >= 4 is 32.6 Å². The molecule has 0 saturated carbocycles. The van der Waals surface area contributed by atoms with Crippen LogP contribution >= 0.6 is 15.9 Å². The van der Waals surface area contributed by atoms with Crippen LogP contribution in [0.5, 0.6) is 0 Å². The molecule has 0 atom stereocenters. The van der Waals surface area contributed by atoms with Gasteiger partial charge in [-0.15, -0.1) is 0 Å². The number of alkyl halides is 1. The number of halogens is 1. The number of amides is 1. The fourth-order valence-electron chi connectivity index (χ4n) is 1.75. The average molecular weight is 321 g/mol. The third kappa shape index (κ3) is 3.32. The van der Waals surface area contributed by atoms with Gasteiger partial charge in [0.15, 0.2) is 0 Å². The summed E-state index contributed by atoms with van der Waals surface area (Å²) in [5.41, 5.74) is 0.517. The van der Waals surface area contributed by atoms with Crippen molar-refractivity contribution in [1.29, 1.82) is 0 Å². The van der Waals surface area contributed by atoms with Gasteiger partial charge in [0.25, 0.3) is 5.91 Å². The SMILES string of the molecule is CC(C)(CBr)CNC(=O)c1nccc2ccccc12. The number of carbonyl (C=O) groups is 1. The minimum absolute atomic E-state index is 0.0280. The van der Waals surface area contributed by atoms with Gasteiger partial charge in [0.05, 0.1) is 0 Å². The van der Waals surface area contributed by atoms with Crippen LogP contribution in [0.1, 0.15) is 24.3 Å². The summed E-state index contributed by atoms with van der Waals surface area (Å²) in [5, 5.41) is 5.71. The van der Waals surface area contributed by atoms with E-state index in [-0.39, 0.29) is 11.3 Å². The summed E-state index contributed by atoms with van der Waals surface area (Å²) in [4.78, 5) is 16.4. The van der Waals surface area contributed by atoms with E-state index < -0.39 is 0 Å². The molecule has 1 aromatic carbocycles. The number of hydrogen-bond acceptors (Lipinski definition) is 2. The third-order valence-electron chi connectivity index (χ3n) is 2.98. The van der Waals surface area contributed by atoms with E-state index in [1.165, 1.54) is 0 Å². The lowest BCUT2D eigenvalue weighted by molar-refractivity contribution is 0.0937. The molecule has 3 nitrogen and oxygen atoms in total. The number of hydrogen-bond donors (Lipinski definition) is 1. The Morgan fingerprint density at radius 1 is 1.32 bits per heavy atom. The number of rotatable bonds is 4. The molecule has 0 aliphatic rings. The first kappa shape index (κ1) is 14.0. The summed E-state index contributed by atoms with van der Waals surface area (Å²) in [6.45, 7) is 4.80. The molecular weight excluding hydrogens is 304 g/mol. The highest BCUT2D eigenvalue weighted by atomic mass is 79.9. The molecule has 1 aromatic heterocycles. The molecule has 0 spiro atoms.